The normalized spacial score (nSPS) is 28.6. The molecule has 0 bridgehead atoms. The van der Waals surface area contributed by atoms with Crippen LogP contribution in [-0.4, -0.2) is 40.9 Å². The molecule has 0 N–H and O–H groups in total. The number of hydrogen-bond acceptors (Lipinski definition) is 3. The zero-order valence-electron chi connectivity index (χ0n) is 12.8. The first-order chi connectivity index (χ1) is 10.8. The second-order valence-corrected chi connectivity index (χ2v) is 6.79. The number of fused-ring (bicyclic) bond motifs is 2. The standard InChI is InChI=1S/C18H22N2O2/c21-17-14-8-2-3-9-15(14)18(22)20(17)12-19-11-5-7-13-6-1-4-10-16(13)19/h2-3,8-9,13,16H,1,4-7,10-12H2. The van der Waals surface area contributed by atoms with E-state index in [-0.39, 0.29) is 11.8 Å². The highest BCUT2D eigenvalue weighted by atomic mass is 16.2. The quantitative estimate of drug-likeness (QED) is 0.788. The van der Waals surface area contributed by atoms with Gasteiger partial charge in [0.05, 0.1) is 17.8 Å². The minimum absolute atomic E-state index is 0.126. The van der Waals surface area contributed by atoms with Crippen LogP contribution in [0.2, 0.25) is 0 Å². The van der Waals surface area contributed by atoms with Crippen molar-refractivity contribution in [3.05, 3.63) is 35.4 Å². The Balaban J connectivity index is 1.54. The van der Waals surface area contributed by atoms with E-state index in [9.17, 15) is 9.59 Å². The predicted octanol–water partition coefficient (Wildman–Crippen LogP) is 2.89. The maximum absolute atomic E-state index is 12.5. The number of imide groups is 1. The lowest BCUT2D eigenvalue weighted by molar-refractivity contribution is 0.0170. The van der Waals surface area contributed by atoms with Crippen molar-refractivity contribution < 1.29 is 9.59 Å². The molecule has 1 saturated heterocycles. The van der Waals surface area contributed by atoms with Gasteiger partial charge in [0.25, 0.3) is 11.8 Å². The van der Waals surface area contributed by atoms with Crippen LogP contribution in [0.3, 0.4) is 0 Å². The van der Waals surface area contributed by atoms with Crippen molar-refractivity contribution in [1.82, 2.24) is 9.80 Å². The van der Waals surface area contributed by atoms with Crippen LogP contribution in [0.25, 0.3) is 0 Å². The van der Waals surface area contributed by atoms with E-state index in [1.54, 1.807) is 12.1 Å². The molecule has 22 heavy (non-hydrogen) atoms. The molecule has 1 aliphatic carbocycles. The topological polar surface area (TPSA) is 40.6 Å². The van der Waals surface area contributed by atoms with Gasteiger partial charge in [-0.15, -0.1) is 0 Å². The van der Waals surface area contributed by atoms with Crippen LogP contribution in [0.4, 0.5) is 0 Å². The molecule has 2 amide bonds. The minimum Gasteiger partial charge on any atom is -0.282 e. The number of rotatable bonds is 2. The summed E-state index contributed by atoms with van der Waals surface area (Å²) in [5.74, 6) is 0.509. The SMILES string of the molecule is O=C1c2ccccc2C(=O)N1CN1CCCC2CCCCC21. The van der Waals surface area contributed by atoms with Gasteiger partial charge in [-0.1, -0.05) is 25.0 Å². The Morgan fingerprint density at radius 2 is 1.55 bits per heavy atom. The molecule has 0 radical (unpaired) electrons. The predicted molar refractivity (Wildman–Crippen MR) is 83.5 cm³/mol. The largest absolute Gasteiger partial charge is 0.282 e. The van der Waals surface area contributed by atoms with E-state index in [4.69, 9.17) is 0 Å². The number of amides is 2. The van der Waals surface area contributed by atoms with Gasteiger partial charge < -0.3 is 0 Å². The summed E-state index contributed by atoms with van der Waals surface area (Å²) < 4.78 is 0. The zero-order valence-corrected chi connectivity index (χ0v) is 12.8. The Bertz CT molecular complexity index is 576. The molecule has 4 nitrogen and oxygen atoms in total. The molecule has 2 unspecified atom stereocenters. The van der Waals surface area contributed by atoms with Crippen molar-refractivity contribution in [1.29, 1.82) is 0 Å². The average Bonchev–Trinajstić information content (AvgIpc) is 2.81. The maximum atomic E-state index is 12.5. The fourth-order valence-electron chi connectivity index (χ4n) is 4.45. The van der Waals surface area contributed by atoms with Crippen LogP contribution < -0.4 is 0 Å². The number of likely N-dealkylation sites (tertiary alicyclic amines) is 1. The number of nitrogens with zero attached hydrogens (tertiary/aromatic N) is 2. The molecule has 116 valence electrons. The summed E-state index contributed by atoms with van der Waals surface area (Å²) in [6.45, 7) is 1.47. The fraction of sp³-hybridized carbons (Fsp3) is 0.556. The van der Waals surface area contributed by atoms with Gasteiger partial charge in [0, 0.05) is 12.6 Å². The van der Waals surface area contributed by atoms with E-state index in [1.807, 2.05) is 12.1 Å². The molecule has 1 saturated carbocycles. The maximum Gasteiger partial charge on any atom is 0.262 e. The molecular weight excluding hydrogens is 276 g/mol. The summed E-state index contributed by atoms with van der Waals surface area (Å²) in [6, 6.07) is 7.73. The van der Waals surface area contributed by atoms with Gasteiger partial charge in [0.1, 0.15) is 0 Å². The average molecular weight is 298 g/mol. The van der Waals surface area contributed by atoms with Crippen molar-refractivity contribution >= 4 is 11.8 Å². The number of piperidine rings is 1. The lowest BCUT2D eigenvalue weighted by atomic mass is 9.78. The third-order valence-electron chi connectivity index (χ3n) is 5.56. The van der Waals surface area contributed by atoms with Gasteiger partial charge in [-0.3, -0.25) is 19.4 Å². The molecule has 2 fully saturated rings. The number of carbonyl (C=O) groups excluding carboxylic acids is 2. The second-order valence-electron chi connectivity index (χ2n) is 6.79. The van der Waals surface area contributed by atoms with Gasteiger partial charge in [-0.25, -0.2) is 0 Å². The summed E-state index contributed by atoms with van der Waals surface area (Å²) >= 11 is 0. The lowest BCUT2D eigenvalue weighted by Crippen LogP contribution is -2.52. The first kappa shape index (κ1) is 13.9. The summed E-state index contributed by atoms with van der Waals surface area (Å²) in [7, 11) is 0. The number of hydrogen-bond donors (Lipinski definition) is 0. The van der Waals surface area contributed by atoms with Crippen molar-refractivity contribution in [2.45, 2.75) is 44.6 Å². The second kappa shape index (κ2) is 5.51. The molecule has 4 rings (SSSR count). The van der Waals surface area contributed by atoms with Crippen molar-refractivity contribution in [2.75, 3.05) is 13.2 Å². The molecule has 0 aromatic heterocycles. The van der Waals surface area contributed by atoms with Gasteiger partial charge in [0.15, 0.2) is 0 Å². The van der Waals surface area contributed by atoms with Crippen LogP contribution in [0.15, 0.2) is 24.3 Å². The molecule has 4 heteroatoms. The van der Waals surface area contributed by atoms with Crippen LogP contribution in [0.1, 0.15) is 59.2 Å². The third kappa shape index (κ3) is 2.17. The zero-order chi connectivity index (χ0) is 15.1. The Hall–Kier alpha value is -1.68. The van der Waals surface area contributed by atoms with Gasteiger partial charge in [0.2, 0.25) is 0 Å². The molecule has 2 aliphatic heterocycles. The summed E-state index contributed by atoms with van der Waals surface area (Å²) in [5, 5.41) is 0. The van der Waals surface area contributed by atoms with Gasteiger partial charge in [-0.2, -0.15) is 0 Å². The van der Waals surface area contributed by atoms with E-state index in [2.05, 4.69) is 4.90 Å². The van der Waals surface area contributed by atoms with E-state index < -0.39 is 0 Å². The Morgan fingerprint density at radius 3 is 2.27 bits per heavy atom. The lowest BCUT2D eigenvalue weighted by Gasteiger charge is -2.45. The number of benzene rings is 1. The molecule has 1 aromatic rings. The van der Waals surface area contributed by atoms with Crippen molar-refractivity contribution in [2.24, 2.45) is 5.92 Å². The van der Waals surface area contributed by atoms with Crippen LogP contribution in [0.5, 0.6) is 0 Å². The van der Waals surface area contributed by atoms with E-state index in [0.29, 0.717) is 23.8 Å². The Morgan fingerprint density at radius 1 is 0.909 bits per heavy atom. The smallest absolute Gasteiger partial charge is 0.262 e. The van der Waals surface area contributed by atoms with E-state index in [0.717, 1.165) is 12.5 Å². The van der Waals surface area contributed by atoms with Crippen LogP contribution >= 0.6 is 0 Å². The summed E-state index contributed by atoms with van der Waals surface area (Å²) in [4.78, 5) is 28.9. The highest BCUT2D eigenvalue weighted by Gasteiger charge is 2.39. The third-order valence-corrected chi connectivity index (χ3v) is 5.56. The molecular formula is C18H22N2O2. The highest BCUT2D eigenvalue weighted by molar-refractivity contribution is 6.21. The number of carbonyl (C=O) groups is 2. The summed E-state index contributed by atoms with van der Waals surface area (Å²) in [5.41, 5.74) is 1.12. The molecule has 2 atom stereocenters. The van der Waals surface area contributed by atoms with Gasteiger partial charge in [-0.05, 0) is 43.7 Å². The van der Waals surface area contributed by atoms with Gasteiger partial charge >= 0.3 is 0 Å². The summed E-state index contributed by atoms with van der Waals surface area (Å²) in [6.07, 6.45) is 7.63. The Kier molecular flexibility index (Phi) is 3.49. The highest BCUT2D eigenvalue weighted by Crippen LogP contribution is 2.36. The van der Waals surface area contributed by atoms with Crippen LogP contribution in [-0.2, 0) is 0 Å². The monoisotopic (exact) mass is 298 g/mol. The Labute approximate surface area is 131 Å². The van der Waals surface area contributed by atoms with Crippen molar-refractivity contribution in [3.63, 3.8) is 0 Å². The molecule has 2 heterocycles. The molecule has 3 aliphatic rings. The van der Waals surface area contributed by atoms with E-state index in [1.165, 1.54) is 43.4 Å². The minimum atomic E-state index is -0.126. The molecule has 0 spiro atoms. The van der Waals surface area contributed by atoms with Crippen molar-refractivity contribution in [3.8, 4) is 0 Å². The van der Waals surface area contributed by atoms with E-state index >= 15 is 0 Å². The fourth-order valence-corrected chi connectivity index (χ4v) is 4.45. The molecule has 1 aromatic carbocycles. The first-order valence-corrected chi connectivity index (χ1v) is 8.45. The van der Waals surface area contributed by atoms with Crippen LogP contribution in [0, 0.1) is 5.92 Å². The first-order valence-electron chi connectivity index (χ1n) is 8.45.